The van der Waals surface area contributed by atoms with Gasteiger partial charge in [0, 0.05) is 0 Å². The number of hydrogen-bond acceptors (Lipinski definition) is 8. The van der Waals surface area contributed by atoms with Gasteiger partial charge >= 0.3 is 13.6 Å². The van der Waals surface area contributed by atoms with Gasteiger partial charge in [0.2, 0.25) is 5.28 Å². The van der Waals surface area contributed by atoms with E-state index in [2.05, 4.69) is 15.0 Å². The van der Waals surface area contributed by atoms with E-state index >= 15 is 0 Å². The zero-order chi connectivity index (χ0) is 18.6. The summed E-state index contributed by atoms with van der Waals surface area (Å²) in [5.41, 5.74) is 0.421. The Labute approximate surface area is 150 Å². The van der Waals surface area contributed by atoms with Gasteiger partial charge in [0.05, 0.1) is 25.6 Å². The van der Waals surface area contributed by atoms with Gasteiger partial charge < -0.3 is 18.4 Å². The third-order valence-electron chi connectivity index (χ3n) is 2.94. The lowest BCUT2D eigenvalue weighted by Crippen LogP contribution is -2.19. The van der Waals surface area contributed by atoms with Crippen LogP contribution in [-0.4, -0.2) is 44.8 Å². The SMILES string of the molecule is CCOP(=O)(OCC)c1nc(Cl)nc2c1ncn2CC(=O)OC(C)C. The maximum absolute atomic E-state index is 13.0. The Kier molecular flexibility index (Phi) is 6.51. The fourth-order valence-corrected chi connectivity index (χ4v) is 4.01. The van der Waals surface area contributed by atoms with Crippen LogP contribution in [0.3, 0.4) is 0 Å². The lowest BCUT2D eigenvalue weighted by Gasteiger charge is -2.16. The molecule has 0 saturated heterocycles. The Hall–Kier alpha value is -1.54. The van der Waals surface area contributed by atoms with Crippen LogP contribution in [0.25, 0.3) is 11.2 Å². The van der Waals surface area contributed by atoms with Crippen LogP contribution in [0.15, 0.2) is 6.33 Å². The smallest absolute Gasteiger partial charge is 0.382 e. The summed E-state index contributed by atoms with van der Waals surface area (Å²) < 4.78 is 30.2. The van der Waals surface area contributed by atoms with Crippen molar-refractivity contribution in [1.29, 1.82) is 0 Å². The average Bonchev–Trinajstić information content (AvgIpc) is 2.88. The van der Waals surface area contributed by atoms with E-state index in [0.717, 1.165) is 0 Å². The Morgan fingerprint density at radius 1 is 1.28 bits per heavy atom. The molecule has 0 spiro atoms. The lowest BCUT2D eigenvalue weighted by molar-refractivity contribution is -0.148. The van der Waals surface area contributed by atoms with Crippen molar-refractivity contribution in [3.05, 3.63) is 11.6 Å². The number of halogens is 1. The molecule has 0 aliphatic heterocycles. The predicted octanol–water partition coefficient (Wildman–Crippen LogP) is 2.32. The zero-order valence-electron chi connectivity index (χ0n) is 14.4. The second kappa shape index (κ2) is 8.23. The van der Waals surface area contributed by atoms with E-state index < -0.39 is 13.6 Å². The quantitative estimate of drug-likeness (QED) is 0.384. The second-order valence-corrected chi connectivity index (χ2v) is 7.51. The molecule has 0 unspecified atom stereocenters. The van der Waals surface area contributed by atoms with E-state index in [4.69, 9.17) is 25.4 Å². The van der Waals surface area contributed by atoms with E-state index in [9.17, 15) is 9.36 Å². The number of imidazole rings is 1. The standard InChI is InChI=1S/C14H20ClN4O5P/c1-5-22-25(21,23-6-2)13-11-12(17-14(15)18-13)19(8-16-11)7-10(20)24-9(3)4/h8-9H,5-7H2,1-4H3. The third-order valence-corrected chi connectivity index (χ3v) is 5.14. The predicted molar refractivity (Wildman–Crippen MR) is 92.1 cm³/mol. The number of rotatable bonds is 8. The summed E-state index contributed by atoms with van der Waals surface area (Å²) in [5, 5.41) is -0.152. The van der Waals surface area contributed by atoms with Crippen molar-refractivity contribution >= 4 is 41.8 Å². The van der Waals surface area contributed by atoms with E-state index in [-0.39, 0.29) is 47.7 Å². The lowest BCUT2D eigenvalue weighted by atomic mass is 10.5. The first-order chi connectivity index (χ1) is 11.8. The fourth-order valence-electron chi connectivity index (χ4n) is 2.15. The second-order valence-electron chi connectivity index (χ2n) is 5.23. The Balaban J connectivity index is 2.50. The molecule has 0 aromatic carbocycles. The van der Waals surface area contributed by atoms with Crippen LogP contribution in [0.2, 0.25) is 5.28 Å². The molecular formula is C14H20ClN4O5P. The maximum atomic E-state index is 13.0. The molecule has 0 aliphatic rings. The highest BCUT2D eigenvalue weighted by Crippen LogP contribution is 2.47. The van der Waals surface area contributed by atoms with Crippen LogP contribution in [0.5, 0.6) is 0 Å². The molecule has 0 saturated carbocycles. The summed E-state index contributed by atoms with van der Waals surface area (Å²) >= 11 is 5.97. The highest BCUT2D eigenvalue weighted by Gasteiger charge is 2.33. The molecular weight excluding hydrogens is 371 g/mol. The van der Waals surface area contributed by atoms with E-state index in [1.54, 1.807) is 27.7 Å². The average molecular weight is 391 g/mol. The molecule has 9 nitrogen and oxygen atoms in total. The first kappa shape index (κ1) is 19.8. The van der Waals surface area contributed by atoms with Gasteiger partial charge in [0.1, 0.15) is 12.1 Å². The van der Waals surface area contributed by atoms with Crippen LogP contribution in [0.1, 0.15) is 27.7 Å². The first-order valence-corrected chi connectivity index (χ1v) is 9.70. The van der Waals surface area contributed by atoms with Crippen LogP contribution in [0.4, 0.5) is 0 Å². The number of nitrogens with zero attached hydrogens (tertiary/aromatic N) is 4. The highest BCUT2D eigenvalue weighted by atomic mass is 35.5. The van der Waals surface area contributed by atoms with Gasteiger partial charge in [-0.15, -0.1) is 0 Å². The molecule has 0 radical (unpaired) electrons. The fraction of sp³-hybridized carbons (Fsp3) is 0.571. The van der Waals surface area contributed by atoms with Crippen molar-refractivity contribution in [2.45, 2.75) is 40.3 Å². The molecule has 2 heterocycles. The van der Waals surface area contributed by atoms with Crippen LogP contribution in [-0.2, 0) is 29.7 Å². The summed E-state index contributed by atoms with van der Waals surface area (Å²) in [5.74, 6) is -0.455. The molecule has 0 N–H and O–H groups in total. The molecule has 0 aliphatic carbocycles. The summed E-state index contributed by atoms with van der Waals surface area (Å²) in [7, 11) is -3.72. The largest absolute Gasteiger partial charge is 0.462 e. The van der Waals surface area contributed by atoms with Gasteiger partial charge in [-0.3, -0.25) is 9.36 Å². The summed E-state index contributed by atoms with van der Waals surface area (Å²) in [6.45, 7) is 7.07. The molecule has 0 bridgehead atoms. The topological polar surface area (TPSA) is 105 Å². The Morgan fingerprint density at radius 3 is 2.48 bits per heavy atom. The molecule has 0 atom stereocenters. The van der Waals surface area contributed by atoms with E-state index in [0.29, 0.717) is 0 Å². The molecule has 0 fully saturated rings. The normalized spacial score (nSPS) is 12.1. The minimum Gasteiger partial charge on any atom is -0.462 e. The monoisotopic (exact) mass is 390 g/mol. The van der Waals surface area contributed by atoms with E-state index in [1.165, 1.54) is 10.9 Å². The number of aromatic nitrogens is 4. The Morgan fingerprint density at radius 2 is 1.92 bits per heavy atom. The summed E-state index contributed by atoms with van der Waals surface area (Å²) in [4.78, 5) is 24.1. The van der Waals surface area contributed by atoms with E-state index in [1.807, 2.05) is 0 Å². The molecule has 2 aromatic rings. The molecule has 25 heavy (non-hydrogen) atoms. The van der Waals surface area contributed by atoms with Gasteiger partial charge in [-0.25, -0.2) is 9.97 Å². The molecule has 0 amide bonds. The van der Waals surface area contributed by atoms with Gasteiger partial charge in [-0.2, -0.15) is 4.98 Å². The van der Waals surface area contributed by atoms with Gasteiger partial charge in [0.25, 0.3) is 0 Å². The summed E-state index contributed by atoms with van der Waals surface area (Å²) in [6.07, 6.45) is 1.13. The van der Waals surface area contributed by atoms with Gasteiger partial charge in [-0.1, -0.05) is 0 Å². The zero-order valence-corrected chi connectivity index (χ0v) is 16.1. The van der Waals surface area contributed by atoms with Crippen molar-refractivity contribution in [3.63, 3.8) is 0 Å². The van der Waals surface area contributed by atoms with Crippen LogP contribution >= 0.6 is 19.2 Å². The van der Waals surface area contributed by atoms with Crippen molar-refractivity contribution in [3.8, 4) is 0 Å². The van der Waals surface area contributed by atoms with Gasteiger partial charge in [0.15, 0.2) is 11.1 Å². The van der Waals surface area contributed by atoms with Crippen molar-refractivity contribution in [2.24, 2.45) is 0 Å². The number of ether oxygens (including phenoxy) is 1. The first-order valence-electron chi connectivity index (χ1n) is 7.78. The number of carbonyl (C=O) groups is 1. The molecule has 2 aromatic heterocycles. The molecule has 138 valence electrons. The highest BCUT2D eigenvalue weighted by molar-refractivity contribution is 7.62. The van der Waals surface area contributed by atoms with Crippen molar-refractivity contribution in [2.75, 3.05) is 13.2 Å². The number of carbonyl (C=O) groups excluding carboxylic acids is 1. The number of hydrogen-bond donors (Lipinski definition) is 0. The maximum Gasteiger partial charge on any atom is 0.382 e. The number of esters is 1. The third kappa shape index (κ3) is 4.55. The molecule has 2 rings (SSSR count). The van der Waals surface area contributed by atoms with Crippen LogP contribution < -0.4 is 5.44 Å². The minimum atomic E-state index is -3.72. The van der Waals surface area contributed by atoms with Crippen molar-refractivity contribution in [1.82, 2.24) is 19.5 Å². The summed E-state index contributed by atoms with van der Waals surface area (Å²) in [6, 6.07) is 0. The molecule has 11 heteroatoms. The van der Waals surface area contributed by atoms with Crippen LogP contribution in [0, 0.1) is 0 Å². The van der Waals surface area contributed by atoms with Gasteiger partial charge in [-0.05, 0) is 39.3 Å². The van der Waals surface area contributed by atoms with Crippen molar-refractivity contribution < 1.29 is 23.1 Å². The Bertz CT molecular complexity index is 800. The number of fused-ring (bicyclic) bond motifs is 1. The minimum absolute atomic E-state index is 0.0258.